The second kappa shape index (κ2) is 6.50. The first kappa shape index (κ1) is 20.7. The lowest BCUT2D eigenvalue weighted by Gasteiger charge is -2.38. The minimum absolute atomic E-state index is 0.231. The molecule has 0 spiro atoms. The van der Waals surface area contributed by atoms with E-state index in [0.29, 0.717) is 0 Å². The molecule has 140 valence electrons. The van der Waals surface area contributed by atoms with Crippen LogP contribution in [0, 0.1) is 5.92 Å². The SMILES string of the molecule is O=C1CCC(C(=O)OC(CS(=O)(=O)[O-])(C(F)(F)F)C(F)(F)F)CC1. The lowest BCUT2D eigenvalue weighted by molar-refractivity contribution is -0.362. The summed E-state index contributed by atoms with van der Waals surface area (Å²) in [6, 6.07) is 0. The van der Waals surface area contributed by atoms with Gasteiger partial charge in [-0.15, -0.1) is 0 Å². The van der Waals surface area contributed by atoms with Crippen LogP contribution in [0.4, 0.5) is 26.3 Å². The van der Waals surface area contributed by atoms with Crippen LogP contribution in [0.15, 0.2) is 0 Å². The smallest absolute Gasteiger partial charge is 0.438 e. The number of alkyl halides is 6. The molecule has 1 fully saturated rings. The number of esters is 1. The number of carbonyl (C=O) groups excluding carboxylic acids is 2. The molecule has 13 heteroatoms. The number of rotatable bonds is 4. The normalized spacial score (nSPS) is 18.5. The molecule has 0 aromatic rings. The molecule has 0 unspecified atom stereocenters. The molecule has 6 nitrogen and oxygen atoms in total. The Morgan fingerprint density at radius 1 is 1.08 bits per heavy atom. The first-order chi connectivity index (χ1) is 10.6. The molecule has 0 aromatic carbocycles. The Morgan fingerprint density at radius 2 is 1.50 bits per heavy atom. The Hall–Kier alpha value is -1.37. The molecule has 0 aliphatic heterocycles. The fourth-order valence-corrected chi connectivity index (χ4v) is 3.03. The Balaban J connectivity index is 3.22. The third-order valence-corrected chi connectivity index (χ3v) is 4.21. The van der Waals surface area contributed by atoms with Crippen molar-refractivity contribution in [3.05, 3.63) is 0 Å². The van der Waals surface area contributed by atoms with E-state index in [-0.39, 0.29) is 31.5 Å². The number of hydrogen-bond acceptors (Lipinski definition) is 6. The molecular formula is C11H11F6O6S-. The quantitative estimate of drug-likeness (QED) is 0.415. The molecule has 0 amide bonds. The van der Waals surface area contributed by atoms with Gasteiger partial charge >= 0.3 is 23.9 Å². The Morgan fingerprint density at radius 3 is 1.83 bits per heavy atom. The highest BCUT2D eigenvalue weighted by molar-refractivity contribution is 7.85. The molecule has 1 aliphatic carbocycles. The molecule has 1 rings (SSSR count). The van der Waals surface area contributed by atoms with Gasteiger partial charge in [0.15, 0.2) is 0 Å². The van der Waals surface area contributed by atoms with E-state index < -0.39 is 45.7 Å². The molecule has 0 radical (unpaired) electrons. The number of ether oxygens (including phenoxy) is 1. The highest BCUT2D eigenvalue weighted by Gasteiger charge is 2.75. The Bertz CT molecular complexity index is 583. The largest absolute Gasteiger partial charge is 0.748 e. The minimum atomic E-state index is -6.39. The summed E-state index contributed by atoms with van der Waals surface area (Å²) in [4.78, 5) is 22.7. The third kappa shape index (κ3) is 4.59. The zero-order valence-corrected chi connectivity index (χ0v) is 12.6. The summed E-state index contributed by atoms with van der Waals surface area (Å²) in [6.07, 6.45) is -13.9. The molecule has 0 bridgehead atoms. The van der Waals surface area contributed by atoms with Crippen LogP contribution >= 0.6 is 0 Å². The van der Waals surface area contributed by atoms with Crippen LogP contribution < -0.4 is 0 Å². The van der Waals surface area contributed by atoms with E-state index in [4.69, 9.17) is 0 Å². The molecule has 0 saturated heterocycles. The molecular weight excluding hydrogens is 374 g/mol. The van der Waals surface area contributed by atoms with E-state index in [1.54, 1.807) is 0 Å². The topological polar surface area (TPSA) is 101 Å². The Labute approximate surface area is 131 Å². The van der Waals surface area contributed by atoms with Gasteiger partial charge in [0.25, 0.3) is 0 Å². The predicted octanol–water partition coefficient (Wildman–Crippen LogP) is 1.70. The lowest BCUT2D eigenvalue weighted by Crippen LogP contribution is -2.63. The van der Waals surface area contributed by atoms with E-state index in [2.05, 4.69) is 4.74 Å². The molecule has 0 heterocycles. The maximum atomic E-state index is 12.9. The second-order valence-corrected chi connectivity index (χ2v) is 6.66. The van der Waals surface area contributed by atoms with Crippen LogP contribution in [0.25, 0.3) is 0 Å². The monoisotopic (exact) mass is 385 g/mol. The maximum absolute atomic E-state index is 12.9. The van der Waals surface area contributed by atoms with Crippen LogP contribution in [0.5, 0.6) is 0 Å². The van der Waals surface area contributed by atoms with E-state index in [9.17, 15) is 48.9 Å². The summed E-state index contributed by atoms with van der Waals surface area (Å²) in [6.45, 7) is 0. The molecule has 0 N–H and O–H groups in total. The summed E-state index contributed by atoms with van der Waals surface area (Å²) < 4.78 is 113. The average molecular weight is 385 g/mol. The first-order valence-corrected chi connectivity index (χ1v) is 7.98. The molecule has 1 saturated carbocycles. The number of halogens is 6. The first-order valence-electron chi connectivity index (χ1n) is 6.40. The predicted molar refractivity (Wildman–Crippen MR) is 62.5 cm³/mol. The van der Waals surface area contributed by atoms with Crippen LogP contribution in [-0.4, -0.2) is 48.4 Å². The molecule has 1 aliphatic rings. The van der Waals surface area contributed by atoms with Crippen LogP contribution in [0.1, 0.15) is 25.7 Å². The van der Waals surface area contributed by atoms with Gasteiger partial charge in [0, 0.05) is 12.8 Å². The van der Waals surface area contributed by atoms with Gasteiger partial charge in [0.05, 0.1) is 21.8 Å². The lowest BCUT2D eigenvalue weighted by atomic mass is 9.88. The van der Waals surface area contributed by atoms with Crippen molar-refractivity contribution < 1.29 is 53.6 Å². The molecule has 0 aromatic heterocycles. The number of hydrogen-bond donors (Lipinski definition) is 0. The summed E-state index contributed by atoms with van der Waals surface area (Å²) in [5, 5.41) is 0. The van der Waals surface area contributed by atoms with E-state index in [0.717, 1.165) is 0 Å². The zero-order chi connectivity index (χ0) is 19.0. The van der Waals surface area contributed by atoms with Gasteiger partial charge in [0.1, 0.15) is 5.78 Å². The van der Waals surface area contributed by atoms with Crippen molar-refractivity contribution in [2.75, 3.05) is 5.75 Å². The fraction of sp³-hybridized carbons (Fsp3) is 0.818. The van der Waals surface area contributed by atoms with E-state index in [1.165, 1.54) is 0 Å². The van der Waals surface area contributed by atoms with E-state index in [1.807, 2.05) is 0 Å². The van der Waals surface area contributed by atoms with Crippen LogP contribution in [0.3, 0.4) is 0 Å². The van der Waals surface area contributed by atoms with Crippen molar-refractivity contribution in [2.45, 2.75) is 43.6 Å². The van der Waals surface area contributed by atoms with Gasteiger partial charge in [-0.3, -0.25) is 9.59 Å². The summed E-state index contributed by atoms with van der Waals surface area (Å²) in [5.74, 6) is -6.73. The van der Waals surface area contributed by atoms with Gasteiger partial charge in [-0.2, -0.15) is 26.3 Å². The second-order valence-electron chi connectivity index (χ2n) is 5.26. The van der Waals surface area contributed by atoms with Gasteiger partial charge in [-0.05, 0) is 12.8 Å². The van der Waals surface area contributed by atoms with Gasteiger partial charge < -0.3 is 9.29 Å². The highest BCUT2D eigenvalue weighted by atomic mass is 32.2. The third-order valence-electron chi connectivity index (χ3n) is 3.45. The van der Waals surface area contributed by atoms with Gasteiger partial charge in [0.2, 0.25) is 0 Å². The minimum Gasteiger partial charge on any atom is -0.748 e. The standard InChI is InChI=1S/C11H12F6O6S/c12-10(13,14)9(11(15,16)17,5-24(20,21)22)23-8(19)6-1-3-7(18)4-2-6/h6H,1-5H2,(H,20,21,22)/p-1. The molecule has 24 heavy (non-hydrogen) atoms. The fourth-order valence-electron chi connectivity index (χ4n) is 2.15. The van der Waals surface area contributed by atoms with Gasteiger partial charge in [-0.25, -0.2) is 8.42 Å². The van der Waals surface area contributed by atoms with Crippen molar-refractivity contribution >= 4 is 21.9 Å². The average Bonchev–Trinajstić information content (AvgIpc) is 2.34. The summed E-state index contributed by atoms with van der Waals surface area (Å²) >= 11 is 0. The van der Waals surface area contributed by atoms with Crippen LogP contribution in [0.2, 0.25) is 0 Å². The van der Waals surface area contributed by atoms with E-state index >= 15 is 0 Å². The number of ketones is 1. The van der Waals surface area contributed by atoms with Gasteiger partial charge in [-0.1, -0.05) is 0 Å². The Kier molecular flexibility index (Phi) is 5.60. The summed E-state index contributed by atoms with van der Waals surface area (Å²) in [5.41, 5.74) is -5.46. The van der Waals surface area contributed by atoms with Crippen molar-refractivity contribution in [1.29, 1.82) is 0 Å². The molecule has 0 atom stereocenters. The number of Topliss-reactive ketones (excluding diaryl/α,β-unsaturated/α-hetero) is 1. The van der Waals surface area contributed by atoms with Crippen molar-refractivity contribution in [1.82, 2.24) is 0 Å². The van der Waals surface area contributed by atoms with Crippen molar-refractivity contribution in [3.8, 4) is 0 Å². The highest BCUT2D eigenvalue weighted by Crippen LogP contribution is 2.47. The summed E-state index contributed by atoms with van der Waals surface area (Å²) in [7, 11) is -6.05. The van der Waals surface area contributed by atoms with Crippen molar-refractivity contribution in [2.24, 2.45) is 5.92 Å². The number of carbonyl (C=O) groups is 2. The maximum Gasteiger partial charge on any atom is 0.438 e. The van der Waals surface area contributed by atoms with Crippen molar-refractivity contribution in [3.63, 3.8) is 0 Å². The zero-order valence-electron chi connectivity index (χ0n) is 11.7. The van der Waals surface area contributed by atoms with Crippen LogP contribution in [-0.2, 0) is 24.4 Å².